The first-order valence-electron chi connectivity index (χ1n) is 9.91. The molecule has 0 fully saturated rings. The molecule has 6 heteroatoms. The minimum atomic E-state index is -0.597. The van der Waals surface area contributed by atoms with Crippen LogP contribution in [0, 0.1) is 0 Å². The summed E-state index contributed by atoms with van der Waals surface area (Å²) in [5, 5.41) is 2.80. The summed E-state index contributed by atoms with van der Waals surface area (Å²) in [6.45, 7) is 8.60. The second kappa shape index (κ2) is 11.1. The summed E-state index contributed by atoms with van der Waals surface area (Å²) in [6, 6.07) is 12.4. The van der Waals surface area contributed by atoms with Crippen LogP contribution in [-0.2, 0) is 9.53 Å². The molecule has 0 aromatic heterocycles. The number of esters is 1. The Bertz CT molecular complexity index is 832. The number of hydrogen-bond donors (Lipinski definition) is 1. The lowest BCUT2D eigenvalue weighted by Crippen LogP contribution is -2.21. The van der Waals surface area contributed by atoms with E-state index in [1.54, 1.807) is 18.2 Å². The fourth-order valence-corrected chi connectivity index (χ4v) is 2.75. The number of nitrogens with one attached hydrogen (secondary N) is 1. The van der Waals surface area contributed by atoms with E-state index in [1.807, 2.05) is 38.1 Å². The SMILES string of the molecule is CCCOc1ccc(C(=O)OCC(=O)Nc2ccccc2C(C)C)cc1OCC. The molecule has 2 rings (SSSR count). The molecule has 0 aliphatic heterocycles. The van der Waals surface area contributed by atoms with Crippen LogP contribution < -0.4 is 14.8 Å². The van der Waals surface area contributed by atoms with Gasteiger partial charge in [0, 0.05) is 5.69 Å². The molecule has 0 saturated carbocycles. The van der Waals surface area contributed by atoms with Gasteiger partial charge in [0.25, 0.3) is 5.91 Å². The summed E-state index contributed by atoms with van der Waals surface area (Å²) in [4.78, 5) is 24.6. The van der Waals surface area contributed by atoms with Gasteiger partial charge < -0.3 is 19.5 Å². The third-order valence-electron chi connectivity index (χ3n) is 4.13. The number of ether oxygens (including phenoxy) is 3. The Hall–Kier alpha value is -3.02. The van der Waals surface area contributed by atoms with E-state index in [4.69, 9.17) is 14.2 Å². The Kier molecular flexibility index (Phi) is 8.52. The molecular formula is C23H29NO5. The van der Waals surface area contributed by atoms with Gasteiger partial charge in [-0.3, -0.25) is 4.79 Å². The number of carbonyl (C=O) groups is 2. The maximum atomic E-state index is 12.4. The zero-order chi connectivity index (χ0) is 21.2. The highest BCUT2D eigenvalue weighted by Gasteiger charge is 2.15. The summed E-state index contributed by atoms with van der Waals surface area (Å²) in [7, 11) is 0. The summed E-state index contributed by atoms with van der Waals surface area (Å²) >= 11 is 0. The Morgan fingerprint density at radius 3 is 2.45 bits per heavy atom. The van der Waals surface area contributed by atoms with Crippen LogP contribution in [0.1, 0.15) is 56.0 Å². The van der Waals surface area contributed by atoms with Gasteiger partial charge in [-0.05, 0) is 49.1 Å². The molecule has 2 aromatic carbocycles. The molecule has 0 saturated heterocycles. The Labute approximate surface area is 172 Å². The number of hydrogen-bond acceptors (Lipinski definition) is 5. The molecule has 156 valence electrons. The maximum absolute atomic E-state index is 12.4. The molecule has 0 aliphatic carbocycles. The highest BCUT2D eigenvalue weighted by molar-refractivity contribution is 5.96. The van der Waals surface area contributed by atoms with E-state index >= 15 is 0 Å². The smallest absolute Gasteiger partial charge is 0.338 e. The van der Waals surface area contributed by atoms with E-state index in [0.717, 1.165) is 17.7 Å². The number of benzene rings is 2. The molecule has 2 aromatic rings. The van der Waals surface area contributed by atoms with E-state index in [2.05, 4.69) is 19.2 Å². The van der Waals surface area contributed by atoms with Gasteiger partial charge in [-0.1, -0.05) is 39.0 Å². The molecule has 0 aliphatic rings. The first-order chi connectivity index (χ1) is 14.0. The van der Waals surface area contributed by atoms with Gasteiger partial charge in [-0.25, -0.2) is 4.79 Å². The van der Waals surface area contributed by atoms with Gasteiger partial charge in [-0.2, -0.15) is 0 Å². The van der Waals surface area contributed by atoms with E-state index < -0.39 is 5.97 Å². The molecule has 0 bridgehead atoms. The largest absolute Gasteiger partial charge is 0.490 e. The number of carbonyl (C=O) groups excluding carboxylic acids is 2. The van der Waals surface area contributed by atoms with Crippen molar-refractivity contribution in [3.05, 3.63) is 53.6 Å². The first kappa shape index (κ1) is 22.3. The summed E-state index contributed by atoms with van der Waals surface area (Å²) in [5.74, 6) is 0.332. The normalized spacial score (nSPS) is 10.5. The predicted molar refractivity (Wildman–Crippen MR) is 113 cm³/mol. The fraction of sp³-hybridized carbons (Fsp3) is 0.391. The third kappa shape index (κ3) is 6.52. The van der Waals surface area contributed by atoms with Crippen LogP contribution in [0.4, 0.5) is 5.69 Å². The van der Waals surface area contributed by atoms with Gasteiger partial charge in [0.1, 0.15) is 0 Å². The second-order valence-corrected chi connectivity index (χ2v) is 6.81. The van der Waals surface area contributed by atoms with Crippen LogP contribution in [0.2, 0.25) is 0 Å². The van der Waals surface area contributed by atoms with Crippen molar-refractivity contribution in [1.82, 2.24) is 0 Å². The van der Waals surface area contributed by atoms with Gasteiger partial charge in [0.05, 0.1) is 18.8 Å². The Morgan fingerprint density at radius 2 is 1.76 bits per heavy atom. The van der Waals surface area contributed by atoms with Crippen molar-refractivity contribution in [2.75, 3.05) is 25.1 Å². The summed E-state index contributed by atoms with van der Waals surface area (Å²) < 4.78 is 16.3. The van der Waals surface area contributed by atoms with Crippen molar-refractivity contribution in [2.24, 2.45) is 0 Å². The van der Waals surface area contributed by atoms with Crippen molar-refractivity contribution in [1.29, 1.82) is 0 Å². The zero-order valence-corrected chi connectivity index (χ0v) is 17.5. The molecule has 29 heavy (non-hydrogen) atoms. The summed E-state index contributed by atoms with van der Waals surface area (Å²) in [6.07, 6.45) is 0.865. The zero-order valence-electron chi connectivity index (χ0n) is 17.5. The lowest BCUT2D eigenvalue weighted by Gasteiger charge is -2.14. The van der Waals surface area contributed by atoms with Crippen LogP contribution in [0.3, 0.4) is 0 Å². The van der Waals surface area contributed by atoms with Crippen molar-refractivity contribution in [3.8, 4) is 11.5 Å². The van der Waals surface area contributed by atoms with Crippen LogP contribution in [0.15, 0.2) is 42.5 Å². The number of amides is 1. The molecule has 0 atom stereocenters. The molecule has 6 nitrogen and oxygen atoms in total. The number of rotatable bonds is 10. The fourth-order valence-electron chi connectivity index (χ4n) is 2.75. The van der Waals surface area contributed by atoms with E-state index in [-0.39, 0.29) is 18.4 Å². The van der Waals surface area contributed by atoms with Gasteiger partial charge >= 0.3 is 5.97 Å². The van der Waals surface area contributed by atoms with Crippen molar-refractivity contribution in [2.45, 2.75) is 40.0 Å². The second-order valence-electron chi connectivity index (χ2n) is 6.81. The van der Waals surface area contributed by atoms with Gasteiger partial charge in [0.2, 0.25) is 0 Å². The van der Waals surface area contributed by atoms with Crippen LogP contribution >= 0.6 is 0 Å². The lowest BCUT2D eigenvalue weighted by molar-refractivity contribution is -0.119. The summed E-state index contributed by atoms with van der Waals surface area (Å²) in [5.41, 5.74) is 2.04. The highest BCUT2D eigenvalue weighted by atomic mass is 16.5. The van der Waals surface area contributed by atoms with Crippen molar-refractivity contribution in [3.63, 3.8) is 0 Å². The third-order valence-corrected chi connectivity index (χ3v) is 4.13. The molecule has 0 unspecified atom stereocenters. The molecule has 0 spiro atoms. The Balaban J connectivity index is 1.99. The molecule has 1 N–H and O–H groups in total. The molecular weight excluding hydrogens is 370 g/mol. The predicted octanol–water partition coefficient (Wildman–Crippen LogP) is 4.79. The highest BCUT2D eigenvalue weighted by Crippen LogP contribution is 2.29. The average Bonchev–Trinajstić information content (AvgIpc) is 2.71. The number of para-hydroxylation sites is 1. The lowest BCUT2D eigenvalue weighted by atomic mass is 10.0. The molecule has 0 radical (unpaired) electrons. The van der Waals surface area contributed by atoms with E-state index in [0.29, 0.717) is 30.3 Å². The van der Waals surface area contributed by atoms with Crippen molar-refractivity contribution >= 4 is 17.6 Å². The minimum absolute atomic E-state index is 0.263. The molecule has 1 amide bonds. The topological polar surface area (TPSA) is 73.9 Å². The minimum Gasteiger partial charge on any atom is -0.490 e. The van der Waals surface area contributed by atoms with E-state index in [1.165, 1.54) is 0 Å². The average molecular weight is 399 g/mol. The first-order valence-corrected chi connectivity index (χ1v) is 9.91. The van der Waals surface area contributed by atoms with Gasteiger partial charge in [-0.15, -0.1) is 0 Å². The maximum Gasteiger partial charge on any atom is 0.338 e. The molecule has 0 heterocycles. The van der Waals surface area contributed by atoms with Crippen LogP contribution in [0.5, 0.6) is 11.5 Å². The number of anilines is 1. The quantitative estimate of drug-likeness (QED) is 0.581. The van der Waals surface area contributed by atoms with Crippen LogP contribution in [0.25, 0.3) is 0 Å². The standard InChI is InChI=1S/C23H29NO5/c1-5-13-28-20-12-11-17(14-21(20)27-6-2)23(26)29-15-22(25)24-19-10-8-7-9-18(19)16(3)4/h7-12,14,16H,5-6,13,15H2,1-4H3,(H,24,25). The Morgan fingerprint density at radius 1 is 1.00 bits per heavy atom. The monoisotopic (exact) mass is 399 g/mol. The van der Waals surface area contributed by atoms with Gasteiger partial charge in [0.15, 0.2) is 18.1 Å². The van der Waals surface area contributed by atoms with Crippen molar-refractivity contribution < 1.29 is 23.8 Å². The van der Waals surface area contributed by atoms with Crippen LogP contribution in [-0.4, -0.2) is 31.7 Å². The van der Waals surface area contributed by atoms with E-state index in [9.17, 15) is 9.59 Å².